The normalized spacial score (nSPS) is 47.0. The van der Waals surface area contributed by atoms with Crippen molar-refractivity contribution in [3.05, 3.63) is 0 Å². The molecule has 0 radical (unpaired) electrons. The van der Waals surface area contributed by atoms with Gasteiger partial charge in [0.15, 0.2) is 0 Å². The van der Waals surface area contributed by atoms with E-state index in [1.54, 1.807) is 0 Å². The van der Waals surface area contributed by atoms with Gasteiger partial charge in [0.25, 0.3) is 0 Å². The van der Waals surface area contributed by atoms with E-state index < -0.39 is 6.04 Å². The van der Waals surface area contributed by atoms with Crippen LogP contribution >= 0.6 is 6.04 Å². The summed E-state index contributed by atoms with van der Waals surface area (Å²) in [6.45, 7) is 0. The molecule has 2 heteroatoms. The van der Waals surface area contributed by atoms with Crippen LogP contribution in [0.3, 0.4) is 0 Å². The Morgan fingerprint density at radius 1 is 1.00 bits per heavy atom. The second kappa shape index (κ2) is 2.60. The fraction of sp³-hybridized carbons (Fsp3) is 1.00. The summed E-state index contributed by atoms with van der Waals surface area (Å²) in [5.74, 6) is 0. The summed E-state index contributed by atoms with van der Waals surface area (Å²) in [7, 11) is 0. The highest BCUT2D eigenvalue weighted by atomic mass is 32.4. The zero-order valence-electron chi connectivity index (χ0n) is 6.38. The molecular weight excluding hydrogens is 159 g/mol. The third-order valence-corrected chi connectivity index (χ3v) is 9.05. The van der Waals surface area contributed by atoms with Crippen molar-refractivity contribution < 1.29 is 0 Å². The predicted molar refractivity (Wildman–Crippen MR) is 50.9 cm³/mol. The van der Waals surface area contributed by atoms with Gasteiger partial charge in [0.2, 0.25) is 0 Å². The molecule has 0 N–H and O–H groups in total. The van der Waals surface area contributed by atoms with E-state index in [9.17, 15) is 0 Å². The molecule has 0 amide bonds. The van der Waals surface area contributed by atoms with Crippen molar-refractivity contribution in [1.82, 2.24) is 0 Å². The third-order valence-electron chi connectivity index (χ3n) is 3.06. The molecule has 0 aromatic heterocycles. The highest BCUT2D eigenvalue weighted by molar-refractivity contribution is 8.15. The van der Waals surface area contributed by atoms with Gasteiger partial charge in [-0.15, -0.1) is 0 Å². The number of hydrogen-bond donors (Lipinski definition) is 0. The Morgan fingerprint density at radius 2 is 1.70 bits per heavy atom. The van der Waals surface area contributed by atoms with Gasteiger partial charge in [0, 0.05) is 0 Å². The minimum atomic E-state index is -0.741. The molecule has 0 nitrogen and oxygen atoms in total. The zero-order chi connectivity index (χ0) is 7.03. The van der Waals surface area contributed by atoms with Gasteiger partial charge >= 0.3 is 0 Å². The summed E-state index contributed by atoms with van der Waals surface area (Å²) < 4.78 is 0. The molecule has 2 rings (SSSR count). The summed E-state index contributed by atoms with van der Waals surface area (Å²) in [4.78, 5) is 0. The summed E-state index contributed by atoms with van der Waals surface area (Å²) in [6.07, 6.45) is 10.3. The number of fused-ring (bicyclic) bond motifs is 1. The van der Waals surface area contributed by atoms with E-state index in [4.69, 9.17) is 11.8 Å². The Balaban J connectivity index is 2.18. The fourth-order valence-electron chi connectivity index (χ4n) is 2.45. The first-order valence-electron chi connectivity index (χ1n) is 4.39. The van der Waals surface area contributed by atoms with Crippen LogP contribution in [0.1, 0.15) is 32.1 Å². The standard InChI is InChI=1S/C8H15PS/c10-9-6-2-1-4-8(9)5-3-7-9/h8H,1-7H2/t8-,9-/m0/s1. The van der Waals surface area contributed by atoms with Crippen molar-refractivity contribution in [2.24, 2.45) is 0 Å². The molecule has 0 unspecified atom stereocenters. The van der Waals surface area contributed by atoms with Crippen LogP contribution in [-0.2, 0) is 11.8 Å². The molecule has 0 bridgehead atoms. The lowest BCUT2D eigenvalue weighted by molar-refractivity contribution is 0.639. The molecule has 0 aliphatic carbocycles. The number of rotatable bonds is 0. The highest BCUT2D eigenvalue weighted by Gasteiger charge is 2.34. The maximum Gasteiger partial charge on any atom is -0.0118 e. The maximum atomic E-state index is 5.75. The zero-order valence-corrected chi connectivity index (χ0v) is 8.09. The molecule has 0 spiro atoms. The van der Waals surface area contributed by atoms with Gasteiger partial charge in [-0.2, -0.15) is 0 Å². The second-order valence-corrected chi connectivity index (χ2v) is 9.40. The molecule has 0 aromatic carbocycles. The minimum absolute atomic E-state index is 0.741. The Hall–Kier alpha value is 0.650. The first kappa shape index (κ1) is 7.31. The lowest BCUT2D eigenvalue weighted by atomic mass is 10.1. The largest absolute Gasteiger partial charge is 0.0972 e. The monoisotopic (exact) mass is 174 g/mol. The highest BCUT2D eigenvalue weighted by Crippen LogP contribution is 2.62. The molecule has 2 aliphatic heterocycles. The second-order valence-electron chi connectivity index (χ2n) is 3.69. The minimum Gasteiger partial charge on any atom is -0.0972 e. The summed E-state index contributed by atoms with van der Waals surface area (Å²) >= 11 is 5.75. The van der Waals surface area contributed by atoms with Crippen LogP contribution in [0.2, 0.25) is 0 Å². The summed E-state index contributed by atoms with van der Waals surface area (Å²) in [6, 6.07) is -0.741. The van der Waals surface area contributed by atoms with Crippen molar-refractivity contribution in [2.45, 2.75) is 37.8 Å². The first-order chi connectivity index (χ1) is 4.81. The van der Waals surface area contributed by atoms with Gasteiger partial charge in [0.05, 0.1) is 0 Å². The van der Waals surface area contributed by atoms with E-state index in [0.717, 1.165) is 5.66 Å². The summed E-state index contributed by atoms with van der Waals surface area (Å²) in [5, 5.41) is 0. The molecule has 0 aromatic rings. The SMILES string of the molecule is S=[P@]12CCCC[C@H]1CCC2. The lowest BCUT2D eigenvalue weighted by Crippen LogP contribution is -2.11. The van der Waals surface area contributed by atoms with Crippen molar-refractivity contribution in [2.75, 3.05) is 12.3 Å². The van der Waals surface area contributed by atoms with Crippen LogP contribution in [0.15, 0.2) is 0 Å². The van der Waals surface area contributed by atoms with Gasteiger partial charge in [-0.1, -0.05) is 18.2 Å². The lowest BCUT2D eigenvalue weighted by Gasteiger charge is -2.28. The predicted octanol–water partition coefficient (Wildman–Crippen LogP) is 2.81. The average molecular weight is 174 g/mol. The molecule has 2 saturated heterocycles. The molecule has 58 valence electrons. The van der Waals surface area contributed by atoms with Crippen LogP contribution in [0.5, 0.6) is 0 Å². The molecule has 0 saturated carbocycles. The van der Waals surface area contributed by atoms with Crippen LogP contribution in [0.25, 0.3) is 0 Å². The van der Waals surface area contributed by atoms with Gasteiger partial charge in [-0.05, 0) is 49.7 Å². The molecule has 10 heavy (non-hydrogen) atoms. The number of hydrogen-bond acceptors (Lipinski definition) is 1. The van der Waals surface area contributed by atoms with E-state index in [0.29, 0.717) is 0 Å². The molecule has 2 aliphatic rings. The molecule has 2 fully saturated rings. The van der Waals surface area contributed by atoms with Crippen LogP contribution in [0.4, 0.5) is 0 Å². The van der Waals surface area contributed by atoms with Crippen LogP contribution in [0, 0.1) is 0 Å². The van der Waals surface area contributed by atoms with E-state index in [1.807, 2.05) is 0 Å². The first-order valence-corrected chi connectivity index (χ1v) is 7.63. The third kappa shape index (κ3) is 1.08. The van der Waals surface area contributed by atoms with Gasteiger partial charge in [-0.3, -0.25) is 0 Å². The Labute approximate surface area is 68.4 Å². The quantitative estimate of drug-likeness (QED) is 0.509. The molecular formula is C8H15PS. The van der Waals surface area contributed by atoms with Gasteiger partial charge < -0.3 is 0 Å². The topological polar surface area (TPSA) is 0 Å². The Kier molecular flexibility index (Phi) is 1.90. The van der Waals surface area contributed by atoms with Gasteiger partial charge in [0.1, 0.15) is 0 Å². The maximum absolute atomic E-state index is 5.75. The average Bonchev–Trinajstić information content (AvgIpc) is 2.29. The summed E-state index contributed by atoms with van der Waals surface area (Å²) in [5.41, 5.74) is 1.04. The van der Waals surface area contributed by atoms with E-state index in [-0.39, 0.29) is 0 Å². The van der Waals surface area contributed by atoms with E-state index in [1.165, 1.54) is 44.4 Å². The van der Waals surface area contributed by atoms with E-state index >= 15 is 0 Å². The van der Waals surface area contributed by atoms with E-state index in [2.05, 4.69) is 0 Å². The molecule has 2 atom stereocenters. The fourth-order valence-corrected chi connectivity index (χ4v) is 7.59. The van der Waals surface area contributed by atoms with Gasteiger partial charge in [-0.25, -0.2) is 0 Å². The van der Waals surface area contributed by atoms with Crippen molar-refractivity contribution in [3.8, 4) is 0 Å². The van der Waals surface area contributed by atoms with Crippen LogP contribution < -0.4 is 0 Å². The Morgan fingerprint density at radius 3 is 2.50 bits per heavy atom. The molecule has 2 heterocycles. The van der Waals surface area contributed by atoms with Crippen molar-refractivity contribution >= 4 is 17.8 Å². The van der Waals surface area contributed by atoms with Crippen LogP contribution in [-0.4, -0.2) is 18.0 Å². The Bertz CT molecular complexity index is 176. The smallest absolute Gasteiger partial charge is 0.0118 e. The van der Waals surface area contributed by atoms with Crippen molar-refractivity contribution in [3.63, 3.8) is 0 Å². The van der Waals surface area contributed by atoms with Crippen molar-refractivity contribution in [1.29, 1.82) is 0 Å².